The van der Waals surface area contributed by atoms with Crippen LogP contribution in [0.3, 0.4) is 0 Å². The minimum absolute atomic E-state index is 0.676. The van der Waals surface area contributed by atoms with Gasteiger partial charge in [-0.1, -0.05) is 11.6 Å². The molecule has 4 nitrogen and oxygen atoms in total. The maximum absolute atomic E-state index is 6.06. The molecule has 0 unspecified atom stereocenters. The number of aromatic nitrogens is 2. The van der Waals surface area contributed by atoms with Gasteiger partial charge < -0.3 is 10.1 Å². The van der Waals surface area contributed by atoms with Crippen molar-refractivity contribution in [2.24, 2.45) is 0 Å². The third-order valence-corrected chi connectivity index (χ3v) is 3.60. The smallest absolute Gasteiger partial charge is 0.147 e. The van der Waals surface area contributed by atoms with Gasteiger partial charge in [0.05, 0.1) is 16.4 Å². The van der Waals surface area contributed by atoms with Gasteiger partial charge in [-0.25, -0.2) is 9.97 Å². The van der Waals surface area contributed by atoms with Crippen LogP contribution in [0.4, 0.5) is 11.5 Å². The van der Waals surface area contributed by atoms with Crippen LogP contribution in [0.2, 0.25) is 5.02 Å². The monoisotopic (exact) mass is 375 g/mol. The van der Waals surface area contributed by atoms with Crippen LogP contribution in [-0.2, 0) is 0 Å². The van der Waals surface area contributed by atoms with Gasteiger partial charge in [0.25, 0.3) is 0 Å². The van der Waals surface area contributed by atoms with Crippen molar-refractivity contribution in [1.29, 1.82) is 0 Å². The minimum Gasteiger partial charge on any atom is -0.495 e. The van der Waals surface area contributed by atoms with E-state index in [1.165, 1.54) is 6.33 Å². The Bertz CT molecular complexity index is 577. The molecule has 0 atom stereocenters. The fourth-order valence-corrected chi connectivity index (χ4v) is 2.05. The molecule has 0 amide bonds. The van der Waals surface area contributed by atoms with E-state index in [9.17, 15) is 0 Å². The molecule has 0 fully saturated rings. The van der Waals surface area contributed by atoms with Crippen LogP contribution in [0.1, 0.15) is 5.56 Å². The van der Waals surface area contributed by atoms with E-state index in [0.717, 1.165) is 20.6 Å². The molecule has 0 saturated carbocycles. The van der Waals surface area contributed by atoms with Gasteiger partial charge in [0.2, 0.25) is 0 Å². The Hall–Kier alpha value is -1.08. The summed E-state index contributed by atoms with van der Waals surface area (Å²) in [5, 5.41) is 3.89. The van der Waals surface area contributed by atoms with Crippen LogP contribution in [0.5, 0.6) is 5.75 Å². The molecule has 1 aromatic heterocycles. The molecule has 94 valence electrons. The third-order valence-electron chi connectivity index (χ3n) is 2.40. The van der Waals surface area contributed by atoms with Gasteiger partial charge in [0.15, 0.2) is 0 Å². The number of hydrogen-bond acceptors (Lipinski definition) is 4. The predicted molar refractivity (Wildman–Crippen MR) is 80.8 cm³/mol. The normalized spacial score (nSPS) is 10.2. The summed E-state index contributed by atoms with van der Waals surface area (Å²) >= 11 is 8.24. The van der Waals surface area contributed by atoms with E-state index < -0.39 is 0 Å². The first-order valence-electron chi connectivity index (χ1n) is 5.18. The Morgan fingerprint density at radius 2 is 2.17 bits per heavy atom. The Kier molecular flexibility index (Phi) is 4.23. The van der Waals surface area contributed by atoms with Crippen molar-refractivity contribution < 1.29 is 4.74 Å². The highest BCUT2D eigenvalue weighted by atomic mass is 127. The third kappa shape index (κ3) is 2.84. The summed E-state index contributed by atoms with van der Waals surface area (Å²) < 4.78 is 6.24. The van der Waals surface area contributed by atoms with Gasteiger partial charge in [0.1, 0.15) is 17.9 Å². The first kappa shape index (κ1) is 13.4. The molecule has 2 aromatic rings. The molecular formula is C12H11ClIN3O. The number of methoxy groups -OCH3 is 1. The molecule has 1 N–H and O–H groups in total. The van der Waals surface area contributed by atoms with Gasteiger partial charge in [-0.05, 0) is 41.1 Å². The molecule has 18 heavy (non-hydrogen) atoms. The van der Waals surface area contributed by atoms with Crippen molar-refractivity contribution in [3.8, 4) is 5.75 Å². The lowest BCUT2D eigenvalue weighted by Crippen LogP contribution is -2.00. The number of ether oxygens (including phenoxy) is 1. The van der Waals surface area contributed by atoms with Crippen molar-refractivity contribution >= 4 is 45.7 Å². The lowest BCUT2D eigenvalue weighted by Gasteiger charge is -2.13. The van der Waals surface area contributed by atoms with Crippen molar-refractivity contribution in [3.05, 3.63) is 38.8 Å². The van der Waals surface area contributed by atoms with E-state index in [2.05, 4.69) is 37.9 Å². The molecule has 1 aromatic carbocycles. The Morgan fingerprint density at radius 1 is 1.39 bits per heavy atom. The average molecular weight is 376 g/mol. The number of nitrogens with one attached hydrogen (secondary N) is 1. The van der Waals surface area contributed by atoms with Crippen LogP contribution in [0.15, 0.2) is 24.7 Å². The van der Waals surface area contributed by atoms with Gasteiger partial charge in [-0.3, -0.25) is 0 Å². The highest BCUT2D eigenvalue weighted by molar-refractivity contribution is 14.1. The summed E-state index contributed by atoms with van der Waals surface area (Å²) in [6.07, 6.45) is 3.24. The van der Waals surface area contributed by atoms with Crippen LogP contribution in [0, 0.1) is 10.5 Å². The molecule has 0 radical (unpaired) electrons. The first-order valence-corrected chi connectivity index (χ1v) is 6.64. The maximum Gasteiger partial charge on any atom is 0.147 e. The summed E-state index contributed by atoms with van der Waals surface area (Å²) in [5.41, 5.74) is 1.81. The zero-order chi connectivity index (χ0) is 13.1. The van der Waals surface area contributed by atoms with Crippen molar-refractivity contribution in [2.75, 3.05) is 12.4 Å². The fourth-order valence-electron chi connectivity index (χ4n) is 1.46. The van der Waals surface area contributed by atoms with Crippen LogP contribution >= 0.6 is 34.2 Å². The number of benzene rings is 1. The van der Waals surface area contributed by atoms with E-state index >= 15 is 0 Å². The molecule has 0 spiro atoms. The summed E-state index contributed by atoms with van der Waals surface area (Å²) in [7, 11) is 1.61. The van der Waals surface area contributed by atoms with Crippen LogP contribution in [-0.4, -0.2) is 17.1 Å². The Morgan fingerprint density at radius 3 is 2.83 bits per heavy atom. The standard InChI is InChI=1S/C12H11ClIN3O/c1-7-3-10(11(18-2)4-8(7)13)17-12-9(14)5-15-6-16-12/h3-6H,1-2H3,(H,15,16,17). The molecule has 0 aliphatic heterocycles. The van der Waals surface area contributed by atoms with Gasteiger partial charge in [0, 0.05) is 17.3 Å². The molecule has 6 heteroatoms. The quantitative estimate of drug-likeness (QED) is 0.829. The van der Waals surface area contributed by atoms with Crippen molar-refractivity contribution in [3.63, 3.8) is 0 Å². The SMILES string of the molecule is COc1cc(Cl)c(C)cc1Nc1ncncc1I. The van der Waals surface area contributed by atoms with Crippen LogP contribution in [0.25, 0.3) is 0 Å². The number of anilines is 2. The number of rotatable bonds is 3. The fraction of sp³-hybridized carbons (Fsp3) is 0.167. The highest BCUT2D eigenvalue weighted by Crippen LogP contribution is 2.33. The summed E-state index contributed by atoms with van der Waals surface area (Å²) in [6.45, 7) is 1.94. The average Bonchev–Trinajstić information content (AvgIpc) is 2.36. The zero-order valence-corrected chi connectivity index (χ0v) is 12.8. The van der Waals surface area contributed by atoms with E-state index in [1.807, 2.05) is 13.0 Å². The zero-order valence-electron chi connectivity index (χ0n) is 9.87. The molecule has 1 heterocycles. The first-order chi connectivity index (χ1) is 8.61. The van der Waals surface area contributed by atoms with E-state index in [0.29, 0.717) is 10.8 Å². The van der Waals surface area contributed by atoms with E-state index in [1.54, 1.807) is 19.4 Å². The Balaban J connectivity index is 2.40. The molecule has 0 saturated heterocycles. The van der Waals surface area contributed by atoms with E-state index in [4.69, 9.17) is 16.3 Å². The molecule has 2 rings (SSSR count). The van der Waals surface area contributed by atoms with Crippen molar-refractivity contribution in [2.45, 2.75) is 6.92 Å². The Labute approximate surface area is 124 Å². The summed E-state index contributed by atoms with van der Waals surface area (Å²) in [5.74, 6) is 1.42. The minimum atomic E-state index is 0.676. The van der Waals surface area contributed by atoms with Gasteiger partial charge >= 0.3 is 0 Å². The maximum atomic E-state index is 6.06. The lowest BCUT2D eigenvalue weighted by atomic mass is 10.2. The second kappa shape index (κ2) is 5.71. The number of hydrogen-bond donors (Lipinski definition) is 1. The van der Waals surface area contributed by atoms with Crippen LogP contribution < -0.4 is 10.1 Å². The van der Waals surface area contributed by atoms with Crippen molar-refractivity contribution in [1.82, 2.24) is 9.97 Å². The number of nitrogens with zero attached hydrogens (tertiary/aromatic N) is 2. The summed E-state index contributed by atoms with van der Waals surface area (Å²) in [6, 6.07) is 3.71. The predicted octanol–water partition coefficient (Wildman–Crippen LogP) is 3.80. The number of halogens is 2. The molecule has 0 bridgehead atoms. The highest BCUT2D eigenvalue weighted by Gasteiger charge is 2.09. The second-order valence-corrected chi connectivity index (χ2v) is 5.22. The molecule has 0 aliphatic rings. The van der Waals surface area contributed by atoms with Gasteiger partial charge in [-0.2, -0.15) is 0 Å². The number of aryl methyl sites for hydroxylation is 1. The molecular weight excluding hydrogens is 365 g/mol. The molecule has 0 aliphatic carbocycles. The van der Waals surface area contributed by atoms with E-state index in [-0.39, 0.29) is 0 Å². The largest absolute Gasteiger partial charge is 0.495 e. The summed E-state index contributed by atoms with van der Waals surface area (Å²) in [4.78, 5) is 8.13. The topological polar surface area (TPSA) is 47.0 Å². The lowest BCUT2D eigenvalue weighted by molar-refractivity contribution is 0.416. The second-order valence-electron chi connectivity index (χ2n) is 3.65. The van der Waals surface area contributed by atoms with Gasteiger partial charge in [-0.15, -0.1) is 0 Å².